The fourth-order valence-electron chi connectivity index (χ4n) is 2.61. The summed E-state index contributed by atoms with van der Waals surface area (Å²) in [7, 11) is 0. The summed E-state index contributed by atoms with van der Waals surface area (Å²) in [4.78, 5) is 0. The number of hydrogen-bond acceptors (Lipinski definition) is 3. The molecule has 4 N–H and O–H groups in total. The minimum atomic E-state index is 0.606. The van der Waals surface area contributed by atoms with Crippen molar-refractivity contribution < 1.29 is 0 Å². The summed E-state index contributed by atoms with van der Waals surface area (Å²) in [5.41, 5.74) is 11.4. The van der Waals surface area contributed by atoms with Gasteiger partial charge in [0.05, 0.1) is 0 Å². The van der Waals surface area contributed by atoms with Gasteiger partial charge >= 0.3 is 94.4 Å². The van der Waals surface area contributed by atoms with Crippen LogP contribution in [0.4, 0.5) is 0 Å². The normalized spacial score (nSPS) is 11.2. The standard InChI is InChI=1S/C19H39N3Se/c1-2-3-4-5-6-7-8-9-10-11-12-13-14-15-16-17-18-21-22-19(20)23/h9-10,21H,2-8,11-18H2,1H3,(H3,20,22,23)/b10-9-. The number of rotatable bonds is 18. The van der Waals surface area contributed by atoms with Gasteiger partial charge in [-0.3, -0.25) is 0 Å². The number of unbranched alkanes of at least 4 members (excludes halogenated alkanes) is 12. The van der Waals surface area contributed by atoms with Crippen LogP contribution < -0.4 is 16.6 Å². The maximum absolute atomic E-state index is 5.45. The molecular weight excluding hydrogens is 349 g/mol. The van der Waals surface area contributed by atoms with E-state index in [1.807, 2.05) is 0 Å². The summed E-state index contributed by atoms with van der Waals surface area (Å²) in [6, 6.07) is 0. The van der Waals surface area contributed by atoms with Crippen LogP contribution in [-0.4, -0.2) is 26.8 Å². The number of nitrogens with two attached hydrogens (primary N) is 1. The van der Waals surface area contributed by atoms with Crippen LogP contribution in [0.3, 0.4) is 0 Å². The van der Waals surface area contributed by atoms with Crippen molar-refractivity contribution >= 4 is 20.2 Å². The first kappa shape index (κ1) is 22.7. The molecule has 4 heteroatoms. The average molecular weight is 389 g/mol. The number of hydrazine groups is 1. The average Bonchev–Trinajstić information content (AvgIpc) is 2.53. The third-order valence-electron chi connectivity index (χ3n) is 4.03. The van der Waals surface area contributed by atoms with E-state index < -0.39 is 0 Å². The molecular formula is C19H39N3Se. The van der Waals surface area contributed by atoms with Gasteiger partial charge in [-0.2, -0.15) is 0 Å². The van der Waals surface area contributed by atoms with E-state index in [9.17, 15) is 0 Å². The minimum absolute atomic E-state index is 0.606. The van der Waals surface area contributed by atoms with Crippen LogP contribution in [0, 0.1) is 0 Å². The van der Waals surface area contributed by atoms with Gasteiger partial charge in [0.1, 0.15) is 0 Å². The Balaban J connectivity index is 3.06. The molecule has 0 rings (SSSR count). The SMILES string of the molecule is CCCCCCCC/C=C\CCCCCCCCNNC(N)=[Se]. The summed E-state index contributed by atoms with van der Waals surface area (Å²) in [5.74, 6) is 0. The summed E-state index contributed by atoms with van der Waals surface area (Å²) >= 11 is 2.71. The monoisotopic (exact) mass is 389 g/mol. The fourth-order valence-corrected chi connectivity index (χ4v) is 2.76. The number of allylic oxidation sites excluding steroid dienone is 2. The topological polar surface area (TPSA) is 50.1 Å². The molecule has 0 atom stereocenters. The van der Waals surface area contributed by atoms with Gasteiger partial charge in [-0.1, -0.05) is 45.1 Å². The summed E-state index contributed by atoms with van der Waals surface area (Å²) in [5, 5.41) is 0. The quantitative estimate of drug-likeness (QED) is 0.142. The summed E-state index contributed by atoms with van der Waals surface area (Å²) < 4.78 is 0.606. The van der Waals surface area contributed by atoms with Gasteiger partial charge in [-0.05, 0) is 12.8 Å². The molecule has 0 radical (unpaired) electrons. The molecule has 0 saturated carbocycles. The molecule has 0 aliphatic carbocycles. The molecule has 0 unspecified atom stereocenters. The van der Waals surface area contributed by atoms with Crippen molar-refractivity contribution in [3.63, 3.8) is 0 Å². The number of hydrogen-bond donors (Lipinski definition) is 3. The molecule has 3 nitrogen and oxygen atoms in total. The first-order chi connectivity index (χ1) is 11.3. The van der Waals surface area contributed by atoms with E-state index in [0.29, 0.717) is 4.67 Å². The number of nitrogens with one attached hydrogen (secondary N) is 2. The first-order valence-electron chi connectivity index (χ1n) is 9.70. The Hall–Kier alpha value is -0.311. The van der Waals surface area contributed by atoms with Gasteiger partial charge in [-0.15, -0.1) is 0 Å². The van der Waals surface area contributed by atoms with E-state index in [1.54, 1.807) is 0 Å². The van der Waals surface area contributed by atoms with Crippen LogP contribution in [0.2, 0.25) is 0 Å². The molecule has 0 bridgehead atoms. The molecule has 0 heterocycles. The van der Waals surface area contributed by atoms with Crippen LogP contribution in [0.1, 0.15) is 96.8 Å². The van der Waals surface area contributed by atoms with Gasteiger partial charge in [0.15, 0.2) is 0 Å². The van der Waals surface area contributed by atoms with E-state index in [-0.39, 0.29) is 0 Å². The molecule has 0 aromatic heterocycles. The van der Waals surface area contributed by atoms with E-state index in [4.69, 9.17) is 5.73 Å². The van der Waals surface area contributed by atoms with Crippen molar-refractivity contribution in [1.82, 2.24) is 10.9 Å². The first-order valence-corrected chi connectivity index (χ1v) is 10.6. The van der Waals surface area contributed by atoms with Crippen LogP contribution in [0.5, 0.6) is 0 Å². The van der Waals surface area contributed by atoms with Crippen molar-refractivity contribution in [2.24, 2.45) is 5.73 Å². The van der Waals surface area contributed by atoms with Crippen molar-refractivity contribution in [3.05, 3.63) is 12.2 Å². The van der Waals surface area contributed by atoms with Gasteiger partial charge in [0.2, 0.25) is 0 Å². The molecule has 0 amide bonds. The Kier molecular flexibility index (Phi) is 19.5. The summed E-state index contributed by atoms with van der Waals surface area (Å²) in [6.45, 7) is 3.25. The predicted octanol–water partition coefficient (Wildman–Crippen LogP) is 4.33. The van der Waals surface area contributed by atoms with Crippen molar-refractivity contribution in [3.8, 4) is 0 Å². The Bertz CT molecular complexity index is 280. The second kappa shape index (κ2) is 19.7. The zero-order valence-electron chi connectivity index (χ0n) is 15.2. The molecule has 0 aromatic rings. The molecule has 0 aliphatic rings. The second-order valence-corrected chi connectivity index (χ2v) is 7.28. The third kappa shape index (κ3) is 21.7. The van der Waals surface area contributed by atoms with Gasteiger partial charge in [0, 0.05) is 0 Å². The van der Waals surface area contributed by atoms with Gasteiger partial charge in [-0.25, -0.2) is 0 Å². The van der Waals surface area contributed by atoms with Crippen LogP contribution in [0.15, 0.2) is 12.2 Å². The third-order valence-corrected chi connectivity index (χ3v) is 4.24. The van der Waals surface area contributed by atoms with Gasteiger partial charge < -0.3 is 0 Å². The van der Waals surface area contributed by atoms with Crippen LogP contribution in [-0.2, 0) is 0 Å². The Morgan fingerprint density at radius 1 is 0.783 bits per heavy atom. The fraction of sp³-hybridized carbons (Fsp3) is 0.842. The molecule has 0 aliphatic heterocycles. The van der Waals surface area contributed by atoms with E-state index in [1.165, 1.54) is 89.9 Å². The van der Waals surface area contributed by atoms with Crippen molar-refractivity contribution in [2.75, 3.05) is 6.54 Å². The van der Waals surface area contributed by atoms with Crippen LogP contribution in [0.25, 0.3) is 0 Å². The van der Waals surface area contributed by atoms with Crippen molar-refractivity contribution in [1.29, 1.82) is 0 Å². The molecule has 0 saturated heterocycles. The molecule has 136 valence electrons. The Labute approximate surface area is 152 Å². The van der Waals surface area contributed by atoms with E-state index in [0.717, 1.165) is 6.54 Å². The molecule has 0 spiro atoms. The molecule has 23 heavy (non-hydrogen) atoms. The van der Waals surface area contributed by atoms with Crippen LogP contribution >= 0.6 is 0 Å². The molecule has 0 fully saturated rings. The molecule has 0 aromatic carbocycles. The maximum atomic E-state index is 5.45. The zero-order chi connectivity index (χ0) is 17.0. The van der Waals surface area contributed by atoms with Gasteiger partial charge in [0.25, 0.3) is 0 Å². The Morgan fingerprint density at radius 2 is 1.26 bits per heavy atom. The second-order valence-electron chi connectivity index (χ2n) is 6.35. The predicted molar refractivity (Wildman–Crippen MR) is 106 cm³/mol. The summed E-state index contributed by atoms with van der Waals surface area (Å²) in [6.07, 6.45) is 23.7. The Morgan fingerprint density at radius 3 is 1.78 bits per heavy atom. The van der Waals surface area contributed by atoms with E-state index in [2.05, 4.69) is 45.5 Å². The van der Waals surface area contributed by atoms with E-state index >= 15 is 0 Å². The zero-order valence-corrected chi connectivity index (χ0v) is 17.0. The van der Waals surface area contributed by atoms with Crippen molar-refractivity contribution in [2.45, 2.75) is 96.8 Å².